The quantitative estimate of drug-likeness (QED) is 0.605. The van der Waals surface area contributed by atoms with E-state index in [4.69, 9.17) is 4.74 Å². The summed E-state index contributed by atoms with van der Waals surface area (Å²) in [6, 6.07) is 18.6. The lowest BCUT2D eigenvalue weighted by Crippen LogP contribution is -2.49. The summed E-state index contributed by atoms with van der Waals surface area (Å²) in [4.78, 5) is 13.7. The molecule has 1 fully saturated rings. The molecule has 0 aliphatic carbocycles. The Labute approximate surface area is 174 Å². The van der Waals surface area contributed by atoms with Gasteiger partial charge in [0.05, 0.1) is 6.10 Å². The number of halogens is 2. The predicted octanol–water partition coefficient (Wildman–Crippen LogP) is 3.68. The first-order chi connectivity index (χ1) is 14.6. The highest BCUT2D eigenvalue weighted by molar-refractivity contribution is 5.85. The molecule has 0 aromatic heterocycles. The van der Waals surface area contributed by atoms with Crippen molar-refractivity contribution in [3.05, 3.63) is 83.4 Å². The van der Waals surface area contributed by atoms with E-state index in [0.717, 1.165) is 19.0 Å². The Morgan fingerprint density at radius 2 is 1.77 bits per heavy atom. The van der Waals surface area contributed by atoms with Crippen molar-refractivity contribution in [2.24, 2.45) is 0 Å². The lowest BCUT2D eigenvalue weighted by molar-refractivity contribution is -0.149. The monoisotopic (exact) mass is 410 g/mol. The number of amides is 1. The molecule has 3 aromatic rings. The smallest absolute Gasteiger partial charge is 0.248 e. The van der Waals surface area contributed by atoms with E-state index in [-0.39, 0.29) is 30.7 Å². The number of ether oxygens (including phenoxy) is 1. The highest BCUT2D eigenvalue weighted by atomic mass is 19.2. The molecule has 0 unspecified atom stereocenters. The standard InChI is InChI=1S/C24H24F2N2O2/c25-22-10-4-8-19(24(22)26)14-28-15-20(30-16-23(28)29)13-27-12-11-18-7-3-6-17-5-1-2-9-21(17)18/h1-10,20,27H,11-16H2/t20-/m1/s1. The second-order valence-corrected chi connectivity index (χ2v) is 7.51. The number of fused-ring (bicyclic) bond motifs is 1. The van der Waals surface area contributed by atoms with Gasteiger partial charge < -0.3 is 15.0 Å². The Morgan fingerprint density at radius 1 is 1.00 bits per heavy atom. The van der Waals surface area contributed by atoms with E-state index in [1.807, 2.05) is 12.1 Å². The molecule has 1 amide bonds. The fraction of sp³-hybridized carbons (Fsp3) is 0.292. The Kier molecular flexibility index (Phi) is 6.35. The molecule has 1 saturated heterocycles. The van der Waals surface area contributed by atoms with Crippen molar-refractivity contribution in [3.63, 3.8) is 0 Å². The highest BCUT2D eigenvalue weighted by Crippen LogP contribution is 2.19. The van der Waals surface area contributed by atoms with E-state index in [9.17, 15) is 13.6 Å². The van der Waals surface area contributed by atoms with Crippen molar-refractivity contribution in [3.8, 4) is 0 Å². The summed E-state index contributed by atoms with van der Waals surface area (Å²) in [5.41, 5.74) is 1.46. The van der Waals surface area contributed by atoms with Gasteiger partial charge in [0.2, 0.25) is 5.91 Å². The van der Waals surface area contributed by atoms with Crippen LogP contribution in [0.5, 0.6) is 0 Å². The molecule has 30 heavy (non-hydrogen) atoms. The molecule has 0 saturated carbocycles. The molecule has 1 heterocycles. The molecule has 1 aliphatic rings. The van der Waals surface area contributed by atoms with Crippen LogP contribution in [-0.2, 0) is 22.5 Å². The number of morpholine rings is 1. The summed E-state index contributed by atoms with van der Waals surface area (Å²) in [6.45, 7) is 1.70. The van der Waals surface area contributed by atoms with Gasteiger partial charge in [-0.1, -0.05) is 54.6 Å². The van der Waals surface area contributed by atoms with Crippen LogP contribution in [0, 0.1) is 11.6 Å². The van der Waals surface area contributed by atoms with E-state index >= 15 is 0 Å². The second-order valence-electron chi connectivity index (χ2n) is 7.51. The average molecular weight is 410 g/mol. The summed E-state index contributed by atoms with van der Waals surface area (Å²) in [5.74, 6) is -2.02. The zero-order valence-electron chi connectivity index (χ0n) is 16.6. The van der Waals surface area contributed by atoms with Crippen LogP contribution in [0.1, 0.15) is 11.1 Å². The van der Waals surface area contributed by atoms with Gasteiger partial charge in [-0.05, 0) is 35.4 Å². The third-order valence-electron chi connectivity index (χ3n) is 5.44. The normalized spacial score (nSPS) is 16.9. The number of nitrogens with zero attached hydrogens (tertiary/aromatic N) is 1. The molecule has 0 bridgehead atoms. The molecular weight excluding hydrogens is 386 g/mol. The van der Waals surface area contributed by atoms with Gasteiger partial charge in [0, 0.05) is 25.2 Å². The Bertz CT molecular complexity index is 1040. The molecular formula is C24H24F2N2O2. The summed E-state index contributed by atoms with van der Waals surface area (Å²) >= 11 is 0. The maximum absolute atomic E-state index is 13.9. The van der Waals surface area contributed by atoms with E-state index in [1.165, 1.54) is 33.4 Å². The van der Waals surface area contributed by atoms with Crippen molar-refractivity contribution in [2.45, 2.75) is 19.1 Å². The zero-order valence-corrected chi connectivity index (χ0v) is 16.6. The predicted molar refractivity (Wildman–Crippen MR) is 112 cm³/mol. The lowest BCUT2D eigenvalue weighted by atomic mass is 10.0. The van der Waals surface area contributed by atoms with Gasteiger partial charge in [-0.3, -0.25) is 4.79 Å². The van der Waals surface area contributed by atoms with Crippen LogP contribution in [0.3, 0.4) is 0 Å². The van der Waals surface area contributed by atoms with Crippen molar-refractivity contribution in [1.82, 2.24) is 10.2 Å². The Balaban J connectivity index is 1.30. The molecule has 156 valence electrons. The summed E-state index contributed by atoms with van der Waals surface area (Å²) in [6.07, 6.45) is 0.692. The van der Waals surface area contributed by atoms with Crippen LogP contribution < -0.4 is 5.32 Å². The highest BCUT2D eigenvalue weighted by Gasteiger charge is 2.27. The van der Waals surface area contributed by atoms with Crippen LogP contribution in [0.4, 0.5) is 8.78 Å². The first kappa shape index (κ1) is 20.4. The van der Waals surface area contributed by atoms with E-state index < -0.39 is 11.6 Å². The van der Waals surface area contributed by atoms with Crippen LogP contribution in [-0.4, -0.2) is 43.2 Å². The van der Waals surface area contributed by atoms with Crippen LogP contribution in [0.25, 0.3) is 10.8 Å². The number of hydrogen-bond donors (Lipinski definition) is 1. The van der Waals surface area contributed by atoms with Crippen LogP contribution in [0.15, 0.2) is 60.7 Å². The maximum Gasteiger partial charge on any atom is 0.248 e. The molecule has 4 nitrogen and oxygen atoms in total. The maximum atomic E-state index is 13.9. The number of benzene rings is 3. The fourth-order valence-electron chi connectivity index (χ4n) is 3.83. The number of carbonyl (C=O) groups is 1. The summed E-state index contributed by atoms with van der Waals surface area (Å²) in [7, 11) is 0. The average Bonchev–Trinajstić information content (AvgIpc) is 2.76. The molecule has 3 aromatic carbocycles. The largest absolute Gasteiger partial charge is 0.365 e. The van der Waals surface area contributed by atoms with E-state index in [0.29, 0.717) is 13.1 Å². The topological polar surface area (TPSA) is 41.6 Å². The molecule has 0 radical (unpaired) electrons. The number of carbonyl (C=O) groups excluding carboxylic acids is 1. The SMILES string of the molecule is O=C1CO[C@H](CNCCc2cccc3ccccc23)CN1Cc1cccc(F)c1F. The molecule has 0 spiro atoms. The van der Waals surface area contributed by atoms with Crippen molar-refractivity contribution >= 4 is 16.7 Å². The summed E-state index contributed by atoms with van der Waals surface area (Å²) < 4.78 is 33.0. The third kappa shape index (κ3) is 4.66. The number of nitrogens with one attached hydrogen (secondary N) is 1. The minimum absolute atomic E-state index is 0.0400. The van der Waals surface area contributed by atoms with E-state index in [2.05, 4.69) is 35.6 Å². The van der Waals surface area contributed by atoms with Gasteiger partial charge in [0.1, 0.15) is 6.61 Å². The first-order valence-corrected chi connectivity index (χ1v) is 10.1. The van der Waals surface area contributed by atoms with Gasteiger partial charge in [-0.15, -0.1) is 0 Å². The number of hydrogen-bond acceptors (Lipinski definition) is 3. The minimum Gasteiger partial charge on any atom is -0.365 e. The van der Waals surface area contributed by atoms with Gasteiger partial charge >= 0.3 is 0 Å². The second kappa shape index (κ2) is 9.32. The zero-order chi connectivity index (χ0) is 20.9. The van der Waals surface area contributed by atoms with Crippen molar-refractivity contribution in [2.75, 3.05) is 26.2 Å². The van der Waals surface area contributed by atoms with Crippen molar-refractivity contribution < 1.29 is 18.3 Å². The Hall–Kier alpha value is -2.83. The number of rotatable bonds is 7. The third-order valence-corrected chi connectivity index (χ3v) is 5.44. The molecule has 1 aliphatic heterocycles. The first-order valence-electron chi connectivity index (χ1n) is 10.1. The van der Waals surface area contributed by atoms with Gasteiger partial charge in [-0.25, -0.2) is 8.78 Å². The Morgan fingerprint density at radius 3 is 2.67 bits per heavy atom. The van der Waals surface area contributed by atoms with Gasteiger partial charge in [0.15, 0.2) is 11.6 Å². The fourth-order valence-corrected chi connectivity index (χ4v) is 3.83. The molecule has 1 N–H and O–H groups in total. The van der Waals surface area contributed by atoms with Crippen molar-refractivity contribution in [1.29, 1.82) is 0 Å². The minimum atomic E-state index is -0.903. The lowest BCUT2D eigenvalue weighted by Gasteiger charge is -2.33. The van der Waals surface area contributed by atoms with Gasteiger partial charge in [-0.2, -0.15) is 0 Å². The van der Waals surface area contributed by atoms with Gasteiger partial charge in [0.25, 0.3) is 0 Å². The van der Waals surface area contributed by atoms with E-state index in [1.54, 1.807) is 0 Å². The van der Waals surface area contributed by atoms with Crippen LogP contribution in [0.2, 0.25) is 0 Å². The molecule has 6 heteroatoms. The van der Waals surface area contributed by atoms with Crippen LogP contribution >= 0.6 is 0 Å². The summed E-state index contributed by atoms with van der Waals surface area (Å²) in [5, 5.41) is 5.87. The molecule has 1 atom stereocenters. The molecule has 4 rings (SSSR count).